The molecule has 1 N–H and O–H groups in total. The summed E-state index contributed by atoms with van der Waals surface area (Å²) in [7, 11) is 1.42. The molecule has 0 spiro atoms. The summed E-state index contributed by atoms with van der Waals surface area (Å²) in [5.41, 5.74) is 0.820. The second kappa shape index (κ2) is 9.41. The monoisotopic (exact) mass is 358 g/mol. The van der Waals surface area contributed by atoms with Gasteiger partial charge in [0.25, 0.3) is 11.6 Å². The van der Waals surface area contributed by atoms with Crippen molar-refractivity contribution >= 4 is 11.6 Å². The Morgan fingerprint density at radius 3 is 2.54 bits per heavy atom. The van der Waals surface area contributed by atoms with Crippen LogP contribution in [0.5, 0.6) is 11.5 Å². The number of nitrogens with zero attached hydrogens (tertiary/aromatic N) is 1. The van der Waals surface area contributed by atoms with Crippen molar-refractivity contribution in [2.24, 2.45) is 0 Å². The summed E-state index contributed by atoms with van der Waals surface area (Å²) in [6.45, 7) is 2.51. The minimum Gasteiger partial charge on any atom is -0.493 e. The number of nitro groups is 1. The molecule has 0 radical (unpaired) electrons. The largest absolute Gasteiger partial charge is 0.493 e. The first-order chi connectivity index (χ1) is 12.6. The molecular weight excluding hydrogens is 336 g/mol. The van der Waals surface area contributed by atoms with Crippen molar-refractivity contribution in [2.45, 2.75) is 19.8 Å². The standard InChI is InChI=1S/C19H22N2O5/c1-3-26-18-13-16(21(23)24)15(12-17(18)25-2)19(22)20-11-7-10-14-8-5-4-6-9-14/h4-6,8-9,12-13H,3,7,10-11H2,1-2H3,(H,20,22). The first-order valence-electron chi connectivity index (χ1n) is 8.38. The van der Waals surface area contributed by atoms with E-state index in [1.165, 1.54) is 24.8 Å². The predicted molar refractivity (Wildman–Crippen MR) is 97.9 cm³/mol. The molecule has 0 aliphatic heterocycles. The number of nitrogens with one attached hydrogen (secondary N) is 1. The zero-order valence-electron chi connectivity index (χ0n) is 14.9. The number of benzene rings is 2. The molecule has 0 heterocycles. The SMILES string of the molecule is CCOc1cc([N+](=O)[O-])c(C(=O)NCCCc2ccccc2)cc1OC. The molecule has 0 atom stereocenters. The lowest BCUT2D eigenvalue weighted by atomic mass is 10.1. The maximum Gasteiger partial charge on any atom is 0.286 e. The third-order valence-electron chi connectivity index (χ3n) is 3.79. The number of aryl methyl sites for hydroxylation is 1. The molecule has 0 fully saturated rings. The highest BCUT2D eigenvalue weighted by molar-refractivity contribution is 5.99. The Morgan fingerprint density at radius 2 is 1.92 bits per heavy atom. The molecule has 0 aromatic heterocycles. The fourth-order valence-electron chi connectivity index (χ4n) is 2.54. The molecule has 1 amide bonds. The number of methoxy groups -OCH3 is 1. The van der Waals surface area contributed by atoms with E-state index in [-0.39, 0.29) is 22.7 Å². The van der Waals surface area contributed by atoms with Gasteiger partial charge in [-0.25, -0.2) is 0 Å². The molecule has 2 aromatic carbocycles. The molecular formula is C19H22N2O5. The molecule has 0 aliphatic rings. The minimum absolute atomic E-state index is 0.0463. The van der Waals surface area contributed by atoms with Crippen LogP contribution in [0.25, 0.3) is 0 Å². The smallest absolute Gasteiger partial charge is 0.286 e. The van der Waals surface area contributed by atoms with E-state index >= 15 is 0 Å². The zero-order valence-corrected chi connectivity index (χ0v) is 14.9. The predicted octanol–water partition coefficient (Wildman–Crippen LogP) is 3.36. The number of hydrogen-bond donors (Lipinski definition) is 1. The van der Waals surface area contributed by atoms with Gasteiger partial charge in [-0.3, -0.25) is 14.9 Å². The van der Waals surface area contributed by atoms with Crippen LogP contribution < -0.4 is 14.8 Å². The number of nitro benzene ring substituents is 1. The highest BCUT2D eigenvalue weighted by Gasteiger charge is 2.24. The Kier molecular flexibility index (Phi) is 6.96. The normalized spacial score (nSPS) is 10.2. The van der Waals surface area contributed by atoms with Crippen LogP contribution in [-0.4, -0.2) is 31.1 Å². The number of ether oxygens (including phenoxy) is 2. The molecule has 2 aromatic rings. The van der Waals surface area contributed by atoms with E-state index in [1.54, 1.807) is 6.92 Å². The van der Waals surface area contributed by atoms with Crippen LogP contribution >= 0.6 is 0 Å². The number of hydrogen-bond acceptors (Lipinski definition) is 5. The van der Waals surface area contributed by atoms with E-state index in [9.17, 15) is 14.9 Å². The Balaban J connectivity index is 2.07. The fourth-order valence-corrected chi connectivity index (χ4v) is 2.54. The van der Waals surface area contributed by atoms with Crippen LogP contribution in [0.4, 0.5) is 5.69 Å². The highest BCUT2D eigenvalue weighted by atomic mass is 16.6. The molecule has 138 valence electrons. The summed E-state index contributed by atoms with van der Waals surface area (Å²) < 4.78 is 10.5. The van der Waals surface area contributed by atoms with Crippen molar-refractivity contribution in [1.29, 1.82) is 0 Å². The Hall–Kier alpha value is -3.09. The summed E-state index contributed by atoms with van der Waals surface area (Å²) in [6, 6.07) is 12.5. The average molecular weight is 358 g/mol. The number of carbonyl (C=O) groups is 1. The van der Waals surface area contributed by atoms with Gasteiger partial charge in [0.15, 0.2) is 11.5 Å². The molecule has 0 unspecified atom stereocenters. The quantitative estimate of drug-likeness (QED) is 0.422. The van der Waals surface area contributed by atoms with Crippen molar-refractivity contribution in [3.8, 4) is 11.5 Å². The summed E-state index contributed by atoms with van der Waals surface area (Å²) in [4.78, 5) is 23.1. The van der Waals surface area contributed by atoms with Gasteiger partial charge in [-0.2, -0.15) is 0 Å². The zero-order chi connectivity index (χ0) is 18.9. The van der Waals surface area contributed by atoms with Crippen LogP contribution in [0.15, 0.2) is 42.5 Å². The van der Waals surface area contributed by atoms with E-state index in [4.69, 9.17) is 9.47 Å². The molecule has 0 aliphatic carbocycles. The third-order valence-corrected chi connectivity index (χ3v) is 3.79. The van der Waals surface area contributed by atoms with Crippen molar-refractivity contribution in [1.82, 2.24) is 5.32 Å². The Bertz CT molecular complexity index is 762. The maximum absolute atomic E-state index is 12.4. The van der Waals surface area contributed by atoms with E-state index in [0.29, 0.717) is 13.2 Å². The first-order valence-corrected chi connectivity index (χ1v) is 8.38. The summed E-state index contributed by atoms with van der Waals surface area (Å²) >= 11 is 0. The van der Waals surface area contributed by atoms with Crippen LogP contribution in [0.1, 0.15) is 29.3 Å². The molecule has 0 saturated carbocycles. The first kappa shape index (κ1) is 19.2. The number of rotatable bonds is 9. The van der Waals surface area contributed by atoms with Gasteiger partial charge in [0.1, 0.15) is 5.56 Å². The van der Waals surface area contributed by atoms with Crippen LogP contribution in [0.2, 0.25) is 0 Å². The van der Waals surface area contributed by atoms with Crippen molar-refractivity contribution in [2.75, 3.05) is 20.3 Å². The number of amides is 1. The van der Waals surface area contributed by atoms with Crippen LogP contribution in [0, 0.1) is 10.1 Å². The maximum atomic E-state index is 12.4. The highest BCUT2D eigenvalue weighted by Crippen LogP contribution is 2.34. The molecule has 2 rings (SSSR count). The second-order valence-electron chi connectivity index (χ2n) is 5.56. The lowest BCUT2D eigenvalue weighted by molar-refractivity contribution is -0.385. The van der Waals surface area contributed by atoms with Gasteiger partial charge in [-0.05, 0) is 25.3 Å². The molecule has 7 nitrogen and oxygen atoms in total. The van der Waals surface area contributed by atoms with Gasteiger partial charge in [0.2, 0.25) is 0 Å². The van der Waals surface area contributed by atoms with Crippen molar-refractivity contribution < 1.29 is 19.2 Å². The van der Waals surface area contributed by atoms with E-state index in [0.717, 1.165) is 12.8 Å². The molecule has 0 bridgehead atoms. The van der Waals surface area contributed by atoms with Crippen LogP contribution in [0.3, 0.4) is 0 Å². The van der Waals surface area contributed by atoms with Gasteiger partial charge in [0.05, 0.1) is 24.7 Å². The lowest BCUT2D eigenvalue weighted by Gasteiger charge is -2.12. The van der Waals surface area contributed by atoms with E-state index in [2.05, 4.69) is 5.32 Å². The van der Waals surface area contributed by atoms with Crippen molar-refractivity contribution in [3.63, 3.8) is 0 Å². The van der Waals surface area contributed by atoms with Gasteiger partial charge >= 0.3 is 0 Å². The Labute approximate surface area is 152 Å². The second-order valence-corrected chi connectivity index (χ2v) is 5.56. The van der Waals surface area contributed by atoms with E-state index < -0.39 is 10.8 Å². The molecule has 7 heteroatoms. The third kappa shape index (κ3) is 4.95. The van der Waals surface area contributed by atoms with Gasteiger partial charge in [0, 0.05) is 12.6 Å². The Morgan fingerprint density at radius 1 is 1.19 bits per heavy atom. The summed E-state index contributed by atoms with van der Waals surface area (Å²) in [6.07, 6.45) is 1.55. The van der Waals surface area contributed by atoms with Crippen molar-refractivity contribution in [3.05, 3.63) is 63.7 Å². The van der Waals surface area contributed by atoms with Gasteiger partial charge in [-0.15, -0.1) is 0 Å². The topological polar surface area (TPSA) is 90.7 Å². The minimum atomic E-state index is -0.596. The summed E-state index contributed by atoms with van der Waals surface area (Å²) in [5.74, 6) is 0.0142. The lowest BCUT2D eigenvalue weighted by Crippen LogP contribution is -2.25. The fraction of sp³-hybridized carbons (Fsp3) is 0.316. The number of carbonyl (C=O) groups excluding carboxylic acids is 1. The van der Waals surface area contributed by atoms with Gasteiger partial charge < -0.3 is 14.8 Å². The molecule has 26 heavy (non-hydrogen) atoms. The van der Waals surface area contributed by atoms with E-state index in [1.807, 2.05) is 30.3 Å². The average Bonchev–Trinajstić information content (AvgIpc) is 2.65. The van der Waals surface area contributed by atoms with Crippen LogP contribution in [-0.2, 0) is 6.42 Å². The summed E-state index contributed by atoms with van der Waals surface area (Å²) in [5, 5.41) is 14.1. The molecule has 0 saturated heterocycles. The van der Waals surface area contributed by atoms with Gasteiger partial charge in [-0.1, -0.05) is 30.3 Å².